The first-order valence-electron chi connectivity index (χ1n) is 4.38. The summed E-state index contributed by atoms with van der Waals surface area (Å²) in [6.07, 6.45) is 1.76. The number of rotatable bonds is 1. The van der Waals surface area contributed by atoms with Crippen molar-refractivity contribution in [1.29, 1.82) is 0 Å². The van der Waals surface area contributed by atoms with E-state index in [4.69, 9.17) is 4.42 Å². The van der Waals surface area contributed by atoms with Crippen LogP contribution in [0.25, 0.3) is 0 Å². The maximum atomic E-state index is 5.26. The van der Waals surface area contributed by atoms with E-state index in [0.29, 0.717) is 0 Å². The molecule has 0 amide bonds. The van der Waals surface area contributed by atoms with Crippen LogP contribution in [0.5, 0.6) is 0 Å². The number of furan rings is 1. The standard InChI is InChI=1S/C9H14N2O/c1-8-9(2-7-12-8)11-5-3-10-4-6-11/h2,7,10H,3-6H2,1H3. The van der Waals surface area contributed by atoms with Crippen LogP contribution in [0.15, 0.2) is 16.7 Å². The highest BCUT2D eigenvalue weighted by molar-refractivity contribution is 5.49. The molecule has 1 N–H and O–H groups in total. The summed E-state index contributed by atoms with van der Waals surface area (Å²) in [5, 5.41) is 3.32. The maximum absolute atomic E-state index is 5.26. The Morgan fingerprint density at radius 1 is 1.42 bits per heavy atom. The molecule has 0 saturated carbocycles. The highest BCUT2D eigenvalue weighted by Crippen LogP contribution is 2.20. The molecule has 2 rings (SSSR count). The molecule has 1 fully saturated rings. The summed E-state index contributed by atoms with van der Waals surface area (Å²) in [7, 11) is 0. The molecule has 0 unspecified atom stereocenters. The molecule has 66 valence electrons. The third-order valence-corrected chi connectivity index (χ3v) is 2.29. The lowest BCUT2D eigenvalue weighted by Gasteiger charge is -2.28. The lowest BCUT2D eigenvalue weighted by atomic mass is 10.3. The summed E-state index contributed by atoms with van der Waals surface area (Å²) in [6.45, 7) is 6.33. The Balaban J connectivity index is 2.13. The zero-order valence-electron chi connectivity index (χ0n) is 7.34. The van der Waals surface area contributed by atoms with E-state index in [1.807, 2.05) is 13.0 Å². The van der Waals surface area contributed by atoms with Crippen molar-refractivity contribution in [3.8, 4) is 0 Å². The average Bonchev–Trinajstić information content (AvgIpc) is 2.53. The molecule has 1 aliphatic heterocycles. The van der Waals surface area contributed by atoms with E-state index in [1.165, 1.54) is 5.69 Å². The molecule has 2 heterocycles. The SMILES string of the molecule is Cc1occc1N1CCNCC1. The van der Waals surface area contributed by atoms with E-state index < -0.39 is 0 Å². The van der Waals surface area contributed by atoms with Gasteiger partial charge in [0.1, 0.15) is 5.76 Å². The van der Waals surface area contributed by atoms with Gasteiger partial charge < -0.3 is 14.6 Å². The molecule has 0 atom stereocenters. The van der Waals surface area contributed by atoms with Crippen LogP contribution >= 0.6 is 0 Å². The van der Waals surface area contributed by atoms with Crippen LogP contribution in [0.3, 0.4) is 0 Å². The molecule has 1 saturated heterocycles. The van der Waals surface area contributed by atoms with Crippen LogP contribution in [-0.2, 0) is 0 Å². The first-order chi connectivity index (χ1) is 5.88. The first kappa shape index (κ1) is 7.68. The highest BCUT2D eigenvalue weighted by atomic mass is 16.3. The van der Waals surface area contributed by atoms with Crippen molar-refractivity contribution in [2.45, 2.75) is 6.92 Å². The summed E-state index contributed by atoms with van der Waals surface area (Å²) < 4.78 is 5.26. The average molecular weight is 166 g/mol. The van der Waals surface area contributed by atoms with Crippen molar-refractivity contribution < 1.29 is 4.42 Å². The second-order valence-electron chi connectivity index (χ2n) is 3.10. The number of nitrogens with one attached hydrogen (secondary N) is 1. The molecule has 3 heteroatoms. The molecule has 0 spiro atoms. The van der Waals surface area contributed by atoms with Gasteiger partial charge in [-0.15, -0.1) is 0 Å². The van der Waals surface area contributed by atoms with Gasteiger partial charge in [-0.25, -0.2) is 0 Å². The van der Waals surface area contributed by atoms with Gasteiger partial charge in [-0.2, -0.15) is 0 Å². The highest BCUT2D eigenvalue weighted by Gasteiger charge is 2.13. The lowest BCUT2D eigenvalue weighted by molar-refractivity contribution is 0.528. The minimum atomic E-state index is 1.02. The quantitative estimate of drug-likeness (QED) is 0.674. The van der Waals surface area contributed by atoms with Crippen molar-refractivity contribution in [3.05, 3.63) is 18.1 Å². The van der Waals surface area contributed by atoms with Crippen LogP contribution in [0.1, 0.15) is 5.76 Å². The van der Waals surface area contributed by atoms with Crippen molar-refractivity contribution in [2.75, 3.05) is 31.1 Å². The number of piperazine rings is 1. The van der Waals surface area contributed by atoms with Gasteiger partial charge in [-0.05, 0) is 6.92 Å². The van der Waals surface area contributed by atoms with Gasteiger partial charge >= 0.3 is 0 Å². The van der Waals surface area contributed by atoms with Crippen molar-refractivity contribution in [2.24, 2.45) is 0 Å². The molecule has 0 aromatic carbocycles. The number of aryl methyl sites for hydroxylation is 1. The van der Waals surface area contributed by atoms with Crippen molar-refractivity contribution >= 4 is 5.69 Å². The number of anilines is 1. The fraction of sp³-hybridized carbons (Fsp3) is 0.556. The molecule has 0 radical (unpaired) electrons. The first-order valence-corrected chi connectivity index (χ1v) is 4.38. The molecule has 3 nitrogen and oxygen atoms in total. The molecular weight excluding hydrogens is 152 g/mol. The summed E-state index contributed by atoms with van der Waals surface area (Å²) in [6, 6.07) is 2.04. The summed E-state index contributed by atoms with van der Waals surface area (Å²) in [4.78, 5) is 2.36. The third kappa shape index (κ3) is 1.32. The minimum absolute atomic E-state index is 1.02. The fourth-order valence-electron chi connectivity index (χ4n) is 1.61. The Labute approximate surface area is 72.4 Å². The fourth-order valence-corrected chi connectivity index (χ4v) is 1.61. The van der Waals surface area contributed by atoms with E-state index in [-0.39, 0.29) is 0 Å². The Kier molecular flexibility index (Phi) is 2.04. The Hall–Kier alpha value is -0.960. The van der Waals surface area contributed by atoms with E-state index >= 15 is 0 Å². The summed E-state index contributed by atoms with van der Waals surface area (Å²) in [5.41, 5.74) is 1.25. The topological polar surface area (TPSA) is 28.4 Å². The minimum Gasteiger partial charge on any atom is -0.467 e. The van der Waals surface area contributed by atoms with Crippen LogP contribution in [0.2, 0.25) is 0 Å². The zero-order valence-corrected chi connectivity index (χ0v) is 7.34. The predicted octanol–water partition coefficient (Wildman–Crippen LogP) is 0.998. The van der Waals surface area contributed by atoms with Gasteiger partial charge in [-0.1, -0.05) is 0 Å². The third-order valence-electron chi connectivity index (χ3n) is 2.29. The Morgan fingerprint density at radius 2 is 2.17 bits per heavy atom. The van der Waals surface area contributed by atoms with E-state index in [0.717, 1.165) is 31.9 Å². The van der Waals surface area contributed by atoms with Crippen molar-refractivity contribution in [1.82, 2.24) is 5.32 Å². The van der Waals surface area contributed by atoms with E-state index in [9.17, 15) is 0 Å². The summed E-state index contributed by atoms with van der Waals surface area (Å²) >= 11 is 0. The van der Waals surface area contributed by atoms with Crippen LogP contribution < -0.4 is 10.2 Å². The molecule has 1 aromatic rings. The van der Waals surface area contributed by atoms with E-state index in [2.05, 4.69) is 10.2 Å². The molecule has 0 aliphatic carbocycles. The number of nitrogens with zero attached hydrogens (tertiary/aromatic N) is 1. The van der Waals surface area contributed by atoms with Gasteiger partial charge in [0, 0.05) is 32.2 Å². The number of hydrogen-bond donors (Lipinski definition) is 1. The molecule has 1 aliphatic rings. The van der Waals surface area contributed by atoms with Gasteiger partial charge in [0.05, 0.1) is 12.0 Å². The Bertz CT molecular complexity index is 251. The van der Waals surface area contributed by atoms with Crippen LogP contribution in [0, 0.1) is 6.92 Å². The molecule has 0 bridgehead atoms. The number of hydrogen-bond acceptors (Lipinski definition) is 3. The van der Waals surface area contributed by atoms with Gasteiger partial charge in [0.2, 0.25) is 0 Å². The maximum Gasteiger partial charge on any atom is 0.123 e. The monoisotopic (exact) mass is 166 g/mol. The predicted molar refractivity (Wildman–Crippen MR) is 48.5 cm³/mol. The Morgan fingerprint density at radius 3 is 2.75 bits per heavy atom. The molecule has 1 aromatic heterocycles. The van der Waals surface area contributed by atoms with E-state index in [1.54, 1.807) is 6.26 Å². The van der Waals surface area contributed by atoms with Crippen LogP contribution in [-0.4, -0.2) is 26.2 Å². The normalized spacial score (nSPS) is 18.2. The second kappa shape index (κ2) is 3.19. The van der Waals surface area contributed by atoms with Crippen LogP contribution in [0.4, 0.5) is 5.69 Å². The van der Waals surface area contributed by atoms with Gasteiger partial charge in [-0.3, -0.25) is 0 Å². The molecule has 12 heavy (non-hydrogen) atoms. The van der Waals surface area contributed by atoms with Gasteiger partial charge in [0.25, 0.3) is 0 Å². The van der Waals surface area contributed by atoms with Crippen molar-refractivity contribution in [3.63, 3.8) is 0 Å². The van der Waals surface area contributed by atoms with Gasteiger partial charge in [0.15, 0.2) is 0 Å². The largest absolute Gasteiger partial charge is 0.467 e. The molecular formula is C9H14N2O. The smallest absolute Gasteiger partial charge is 0.123 e. The second-order valence-corrected chi connectivity index (χ2v) is 3.10. The lowest BCUT2D eigenvalue weighted by Crippen LogP contribution is -2.43. The zero-order chi connectivity index (χ0) is 8.39. The summed E-state index contributed by atoms with van der Waals surface area (Å²) in [5.74, 6) is 1.02.